The van der Waals surface area contributed by atoms with Gasteiger partial charge in [0.05, 0.1) is 0 Å². The lowest BCUT2D eigenvalue weighted by molar-refractivity contribution is -0.119. The van der Waals surface area contributed by atoms with Gasteiger partial charge in [-0.25, -0.2) is 0 Å². The highest BCUT2D eigenvalue weighted by Gasteiger charge is 2.10. The van der Waals surface area contributed by atoms with Gasteiger partial charge in [-0.2, -0.15) is 0 Å². The van der Waals surface area contributed by atoms with Crippen LogP contribution in [0.5, 0.6) is 0 Å². The van der Waals surface area contributed by atoms with Crippen LogP contribution < -0.4 is 11.1 Å². The Kier molecular flexibility index (Phi) is 7.60. The highest BCUT2D eigenvalue weighted by atomic mass is 32.2. The van der Waals surface area contributed by atoms with Crippen molar-refractivity contribution in [1.29, 1.82) is 0 Å². The first kappa shape index (κ1) is 14.6. The lowest BCUT2D eigenvalue weighted by atomic mass is 10.3. The zero-order valence-corrected chi connectivity index (χ0v) is 10.6. The van der Waals surface area contributed by atoms with E-state index in [-0.39, 0.29) is 23.7 Å². The Morgan fingerprint density at radius 3 is 2.53 bits per heavy atom. The molecule has 0 aliphatic rings. The van der Waals surface area contributed by atoms with Crippen LogP contribution in [-0.2, 0) is 15.6 Å². The smallest absolute Gasteiger partial charge is 0.232 e. The fourth-order valence-electron chi connectivity index (χ4n) is 0.954. The van der Waals surface area contributed by atoms with Gasteiger partial charge in [0.1, 0.15) is 5.75 Å². The molecule has 0 heterocycles. The van der Waals surface area contributed by atoms with Gasteiger partial charge in [-0.1, -0.05) is 6.92 Å². The van der Waals surface area contributed by atoms with E-state index in [9.17, 15) is 9.00 Å². The number of carbonyl (C=O) groups excluding carboxylic acids is 1. The van der Waals surface area contributed by atoms with Crippen LogP contribution in [0.1, 0.15) is 33.6 Å². The van der Waals surface area contributed by atoms with Gasteiger partial charge >= 0.3 is 0 Å². The molecule has 0 bridgehead atoms. The van der Waals surface area contributed by atoms with Gasteiger partial charge in [-0.3, -0.25) is 9.00 Å². The Morgan fingerprint density at radius 2 is 2.07 bits per heavy atom. The minimum absolute atomic E-state index is 0.0478. The molecule has 5 heteroatoms. The average molecular weight is 234 g/mol. The second kappa shape index (κ2) is 7.82. The van der Waals surface area contributed by atoms with E-state index in [1.807, 2.05) is 20.8 Å². The lowest BCUT2D eigenvalue weighted by Gasteiger charge is -2.11. The van der Waals surface area contributed by atoms with Gasteiger partial charge in [0.15, 0.2) is 0 Å². The fourth-order valence-corrected chi connectivity index (χ4v) is 2.11. The lowest BCUT2D eigenvalue weighted by Crippen LogP contribution is -2.35. The summed E-state index contributed by atoms with van der Waals surface area (Å²) in [5.74, 6) is 0.468. The summed E-state index contributed by atoms with van der Waals surface area (Å²) in [5, 5.41) is 2.78. The quantitative estimate of drug-likeness (QED) is 0.669. The van der Waals surface area contributed by atoms with E-state index in [0.29, 0.717) is 12.2 Å². The molecule has 0 aliphatic carbocycles. The van der Waals surface area contributed by atoms with Gasteiger partial charge in [0.2, 0.25) is 5.91 Å². The monoisotopic (exact) mass is 234 g/mol. The molecule has 15 heavy (non-hydrogen) atoms. The maximum Gasteiger partial charge on any atom is 0.232 e. The normalized spacial score (nSPS) is 16.8. The molecule has 1 amide bonds. The van der Waals surface area contributed by atoms with Gasteiger partial charge in [-0.15, -0.1) is 0 Å². The van der Waals surface area contributed by atoms with Crippen LogP contribution in [-0.4, -0.2) is 33.7 Å². The fraction of sp³-hybridized carbons (Fsp3) is 0.900. The number of hydrogen-bond acceptors (Lipinski definition) is 3. The van der Waals surface area contributed by atoms with Crippen LogP contribution in [0.25, 0.3) is 0 Å². The van der Waals surface area contributed by atoms with Crippen LogP contribution >= 0.6 is 0 Å². The molecule has 0 saturated carbocycles. The predicted octanol–water partition coefficient (Wildman–Crippen LogP) is 0.387. The van der Waals surface area contributed by atoms with Gasteiger partial charge < -0.3 is 11.1 Å². The Bertz CT molecular complexity index is 219. The van der Waals surface area contributed by atoms with Crippen molar-refractivity contribution in [3.63, 3.8) is 0 Å². The topological polar surface area (TPSA) is 72.2 Å². The predicted molar refractivity (Wildman–Crippen MR) is 64.0 cm³/mol. The van der Waals surface area contributed by atoms with E-state index in [0.717, 1.165) is 6.42 Å². The van der Waals surface area contributed by atoms with E-state index < -0.39 is 10.8 Å². The molecule has 4 nitrogen and oxygen atoms in total. The largest absolute Gasteiger partial charge is 0.353 e. The molecule has 0 aromatic rings. The average Bonchev–Trinajstić information content (AvgIpc) is 2.14. The van der Waals surface area contributed by atoms with E-state index >= 15 is 0 Å². The molecule has 0 fully saturated rings. The maximum atomic E-state index is 11.4. The van der Waals surface area contributed by atoms with Crippen LogP contribution in [0, 0.1) is 0 Å². The standard InChI is InChI=1S/C10H22N2O2S/c1-4-9(3)12-10(13)7-15(14)6-5-8(2)11/h8-9H,4-7,11H2,1-3H3,(H,12,13). The Balaban J connectivity index is 3.72. The van der Waals surface area contributed by atoms with Crippen molar-refractivity contribution in [2.24, 2.45) is 5.73 Å². The zero-order valence-electron chi connectivity index (χ0n) is 9.79. The van der Waals surface area contributed by atoms with E-state index in [1.165, 1.54) is 0 Å². The van der Waals surface area contributed by atoms with Gasteiger partial charge in [-0.05, 0) is 26.7 Å². The molecule has 0 rings (SSSR count). The van der Waals surface area contributed by atoms with Crippen molar-refractivity contribution < 1.29 is 9.00 Å². The summed E-state index contributed by atoms with van der Waals surface area (Å²) < 4.78 is 11.4. The van der Waals surface area contributed by atoms with Gasteiger partial charge in [0, 0.05) is 28.6 Å². The summed E-state index contributed by atoms with van der Waals surface area (Å²) in [6, 6.07) is 0.203. The number of rotatable bonds is 7. The third kappa shape index (κ3) is 8.57. The molecule has 0 saturated heterocycles. The highest BCUT2D eigenvalue weighted by molar-refractivity contribution is 7.85. The van der Waals surface area contributed by atoms with Crippen molar-refractivity contribution >= 4 is 16.7 Å². The molecule has 0 aromatic carbocycles. The van der Waals surface area contributed by atoms with E-state index in [1.54, 1.807) is 0 Å². The highest BCUT2D eigenvalue weighted by Crippen LogP contribution is 1.93. The molecule has 3 N–H and O–H groups in total. The third-order valence-electron chi connectivity index (χ3n) is 2.11. The summed E-state index contributed by atoms with van der Waals surface area (Å²) in [6.07, 6.45) is 1.58. The van der Waals surface area contributed by atoms with Crippen LogP contribution in [0.15, 0.2) is 0 Å². The molecule has 0 aromatic heterocycles. The summed E-state index contributed by atoms with van der Waals surface area (Å²) in [5.41, 5.74) is 5.54. The molecule has 3 atom stereocenters. The first-order chi connectivity index (χ1) is 6.95. The minimum atomic E-state index is -1.08. The first-order valence-electron chi connectivity index (χ1n) is 5.35. The Hall–Kier alpha value is -0.420. The number of carbonyl (C=O) groups is 1. The molecular formula is C10H22N2O2S. The minimum Gasteiger partial charge on any atom is -0.353 e. The van der Waals surface area contributed by atoms with Crippen molar-refractivity contribution in [1.82, 2.24) is 5.32 Å². The third-order valence-corrected chi connectivity index (χ3v) is 3.39. The molecule has 90 valence electrons. The van der Waals surface area contributed by atoms with Gasteiger partial charge in [0.25, 0.3) is 0 Å². The second-order valence-corrected chi connectivity index (χ2v) is 5.51. The molecule has 0 radical (unpaired) electrons. The van der Waals surface area contributed by atoms with Crippen LogP contribution in [0.4, 0.5) is 0 Å². The number of amides is 1. The van der Waals surface area contributed by atoms with Crippen molar-refractivity contribution in [3.05, 3.63) is 0 Å². The SMILES string of the molecule is CCC(C)NC(=O)CS(=O)CCC(C)N. The molecule has 0 aliphatic heterocycles. The van der Waals surface area contributed by atoms with Crippen LogP contribution in [0.2, 0.25) is 0 Å². The van der Waals surface area contributed by atoms with Crippen molar-refractivity contribution in [2.45, 2.75) is 45.7 Å². The van der Waals surface area contributed by atoms with E-state index in [2.05, 4.69) is 5.32 Å². The number of hydrogen-bond donors (Lipinski definition) is 2. The zero-order chi connectivity index (χ0) is 11.8. The van der Waals surface area contributed by atoms with Crippen LogP contribution in [0.3, 0.4) is 0 Å². The maximum absolute atomic E-state index is 11.4. The Morgan fingerprint density at radius 1 is 1.47 bits per heavy atom. The molecule has 3 unspecified atom stereocenters. The molecular weight excluding hydrogens is 212 g/mol. The molecule has 0 spiro atoms. The Labute approximate surface area is 94.4 Å². The summed E-state index contributed by atoms with van der Waals surface area (Å²) in [4.78, 5) is 11.3. The van der Waals surface area contributed by atoms with E-state index in [4.69, 9.17) is 5.73 Å². The summed E-state index contributed by atoms with van der Waals surface area (Å²) in [7, 11) is -1.08. The summed E-state index contributed by atoms with van der Waals surface area (Å²) in [6.45, 7) is 5.80. The van der Waals surface area contributed by atoms with Crippen molar-refractivity contribution in [2.75, 3.05) is 11.5 Å². The summed E-state index contributed by atoms with van der Waals surface area (Å²) >= 11 is 0. The first-order valence-corrected chi connectivity index (χ1v) is 6.84. The number of nitrogens with two attached hydrogens (primary N) is 1. The van der Waals surface area contributed by atoms with Crippen molar-refractivity contribution in [3.8, 4) is 0 Å². The number of nitrogens with one attached hydrogen (secondary N) is 1. The second-order valence-electron chi connectivity index (χ2n) is 3.93.